The van der Waals surface area contributed by atoms with Crippen LogP contribution in [0.2, 0.25) is 0 Å². The van der Waals surface area contributed by atoms with E-state index in [1.165, 1.54) is 47.2 Å². The molecule has 0 saturated carbocycles. The molecule has 0 aromatic rings. The minimum atomic E-state index is -0.553. The molecule has 0 aliphatic carbocycles. The molecule has 37 heavy (non-hydrogen) atoms. The van der Waals surface area contributed by atoms with Gasteiger partial charge in [-0.25, -0.2) is 14.4 Å². The zero-order valence-corrected chi connectivity index (χ0v) is 37.8. The number of likely N-dealkylation sites (N-methyl/N-ethyl adjacent to an activating group) is 3. The van der Waals surface area contributed by atoms with Gasteiger partial charge in [0, 0.05) is 145 Å². The van der Waals surface area contributed by atoms with Crippen LogP contribution in [0.25, 0.3) is 0 Å². The van der Waals surface area contributed by atoms with Crippen molar-refractivity contribution in [2.45, 2.75) is 45.8 Å². The smallest absolute Gasteiger partial charge is 0 e. The molecule has 205 valence electrons. The Morgan fingerprint density at radius 2 is 0.946 bits per heavy atom. The van der Waals surface area contributed by atoms with Gasteiger partial charge in [0.1, 0.15) is 6.04 Å². The molecule has 4 radical (unpaired) electrons. The first-order valence-electron chi connectivity index (χ1n) is 9.56. The summed E-state index contributed by atoms with van der Waals surface area (Å²) >= 11 is 1.96. The molecule has 3 atom stereocenters. The largest absolute Gasteiger partial charge is 0 e. The zero-order valence-electron chi connectivity index (χ0n) is 23.9. The van der Waals surface area contributed by atoms with Crippen molar-refractivity contribution in [2.24, 2.45) is 0 Å². The van der Waals surface area contributed by atoms with Crippen molar-refractivity contribution in [2.75, 3.05) is 42.5 Å². The average molecular weight is 983 g/mol. The first-order valence-corrected chi connectivity index (χ1v) is 13.6. The van der Waals surface area contributed by atoms with E-state index in [9.17, 15) is 28.8 Å². The third-order valence-electron chi connectivity index (χ3n) is 4.15. The number of esters is 3. The fourth-order valence-electron chi connectivity index (χ4n) is 1.42. The van der Waals surface area contributed by atoms with Crippen LogP contribution in [0, 0.1) is 0 Å². The molecule has 0 aromatic heterocycles. The molecule has 0 heterocycles. The van der Waals surface area contributed by atoms with E-state index in [2.05, 4.69) is 14.2 Å². The van der Waals surface area contributed by atoms with Crippen molar-refractivity contribution in [1.82, 2.24) is 14.7 Å². The van der Waals surface area contributed by atoms with E-state index in [1.807, 2.05) is 20.0 Å². The van der Waals surface area contributed by atoms with Crippen LogP contribution in [-0.4, -0.2) is 113 Å². The zero-order chi connectivity index (χ0) is 28.0. The van der Waals surface area contributed by atoms with E-state index >= 15 is 0 Å². The van der Waals surface area contributed by atoms with E-state index in [0.717, 1.165) is 9.80 Å². The Balaban J connectivity index is -0.0000000535. The van der Waals surface area contributed by atoms with Gasteiger partial charge in [-0.15, -0.1) is 0 Å². The van der Waals surface area contributed by atoms with Crippen LogP contribution >= 0.6 is 20.0 Å². The van der Waals surface area contributed by atoms with Gasteiger partial charge >= 0.3 is 52.6 Å². The summed E-state index contributed by atoms with van der Waals surface area (Å²) in [5.41, 5.74) is 0. The topological polar surface area (TPSA) is 140 Å². The van der Waals surface area contributed by atoms with Gasteiger partial charge in [0.25, 0.3) is 0 Å². The molecule has 0 aromatic carbocycles. The summed E-state index contributed by atoms with van der Waals surface area (Å²) in [7, 11) is 8.34. The normalized spacial score (nSPS) is 10.4. The summed E-state index contributed by atoms with van der Waals surface area (Å²) in [4.78, 5) is 66.4. The molecule has 18 heteroatoms. The number of amides is 3. The van der Waals surface area contributed by atoms with Crippen LogP contribution in [0.4, 0.5) is 0 Å². The summed E-state index contributed by atoms with van der Waals surface area (Å²) in [6.45, 7) is 6.15. The van der Waals surface area contributed by atoms with Gasteiger partial charge in [-0.3, -0.25) is 4.79 Å². The number of hydrogen-bond acceptors (Lipinski definition) is 9. The Labute approximate surface area is 342 Å². The third kappa shape index (κ3) is 31.3. The van der Waals surface area contributed by atoms with Crippen LogP contribution in [0.5, 0.6) is 0 Å². The maximum Gasteiger partial charge on any atom is 0 e. The van der Waals surface area contributed by atoms with Crippen LogP contribution in [0.1, 0.15) is 27.7 Å². The molecule has 0 fully saturated rings. The molecule has 0 bridgehead atoms. The Bertz CT molecular complexity index is 618. The third-order valence-corrected chi connectivity index (χ3v) is 4.15. The molecule has 0 saturated heterocycles. The summed E-state index contributed by atoms with van der Waals surface area (Å²) in [5, 5.41) is 0. The predicted octanol–water partition coefficient (Wildman–Crippen LogP) is -0.274. The standard InChI is InChI=1S/C7H13NO3.2C6H10NO3.HI.V.4Y.H/c1-5(7(10)11-4)8(3)6(2)9;2*1-5(6(9)10-3)7(2)4-8;;;;;;;/h5H,1-4H3;2*5H,1-3H3;1H;;;;;;/q;2*-1;;+1;;;;;/p-1/t;2*5-;;;;;;;/m.10......./s1/i;;;;;;;;;1+1. The molecule has 12 nitrogen and oxygen atoms in total. The maximum absolute atomic E-state index is 10.8. The van der Waals surface area contributed by atoms with Crippen molar-refractivity contribution in [3.8, 4) is 0 Å². The number of hydrogen-bond donors (Lipinski definition) is 0. The number of ether oxygens (including phenoxy) is 3. The van der Waals surface area contributed by atoms with Crippen LogP contribution < -0.4 is 0 Å². The van der Waals surface area contributed by atoms with Gasteiger partial charge in [0.05, 0.1) is 33.4 Å². The molecule has 3 amide bonds. The number of halogens is 1. The number of carbonyl (C=O) groups is 4. The second-order valence-corrected chi connectivity index (χ2v) is 6.13. The second kappa shape index (κ2) is 38.5. The predicted molar refractivity (Wildman–Crippen MR) is 125 cm³/mol. The summed E-state index contributed by atoms with van der Waals surface area (Å²) in [6.07, 6.45) is 3.12. The Morgan fingerprint density at radius 3 is 1.11 bits per heavy atom. The van der Waals surface area contributed by atoms with Crippen LogP contribution in [0.3, 0.4) is 0 Å². The van der Waals surface area contributed by atoms with Gasteiger partial charge in [-0.05, 0) is 34.9 Å². The quantitative estimate of drug-likeness (QED) is 0.106. The number of rotatable bonds is 8. The van der Waals surface area contributed by atoms with Crippen molar-refractivity contribution in [3.05, 3.63) is 0 Å². The number of carbonyl (C=O) groups excluding carboxylic acids is 6. The molecular formula is C19H34IN3O9VY4-2. The Morgan fingerprint density at radius 1 is 0.730 bits per heavy atom. The first-order chi connectivity index (χ1) is 15.7. The van der Waals surface area contributed by atoms with E-state index < -0.39 is 36.0 Å². The van der Waals surface area contributed by atoms with Crippen molar-refractivity contribution < 1.29 is 188 Å². The second-order valence-electron chi connectivity index (χ2n) is 6.13. The van der Waals surface area contributed by atoms with E-state index in [4.69, 9.17) is 0.879 Å². The van der Waals surface area contributed by atoms with Crippen LogP contribution in [-0.2, 0) is 188 Å². The van der Waals surface area contributed by atoms with Crippen LogP contribution in [0.15, 0.2) is 0 Å². The van der Waals surface area contributed by atoms with E-state index in [1.54, 1.807) is 40.6 Å². The number of nitrogens with zero attached hydrogens (tertiary/aromatic N) is 3. The van der Waals surface area contributed by atoms with Gasteiger partial charge in [-0.2, -0.15) is 12.8 Å². The van der Waals surface area contributed by atoms with Gasteiger partial charge in [0.2, 0.25) is 5.91 Å². The minimum Gasteiger partial charge on any atom is 0 e. The molecule has 0 spiro atoms. The Hall–Kier alpha value is 2.55. The summed E-state index contributed by atoms with van der Waals surface area (Å²) < 4.78 is 19.5. The maximum atomic E-state index is 10.8. The molecule has 0 N–H and O–H groups in total. The van der Waals surface area contributed by atoms with Crippen molar-refractivity contribution in [1.29, 1.82) is 0.879 Å². The SMILES string of the molecule is COC(=O)C(C)N(C)C(C)=O.COC(=O)[C@@H](C)N(C)[C-]=O.COC(=O)[C@H](C)N(C)[C-]=O.[2H][V][I].[Y].[Y].[Y].[Y]. The van der Waals surface area contributed by atoms with Crippen molar-refractivity contribution >= 4 is 56.6 Å². The summed E-state index contributed by atoms with van der Waals surface area (Å²) in [6, 6.07) is -1.61. The summed E-state index contributed by atoms with van der Waals surface area (Å²) in [5.74, 6) is -1.43. The molecule has 0 rings (SSSR count). The monoisotopic (exact) mass is 983 g/mol. The molecule has 0 aliphatic rings. The number of methoxy groups -OCH3 is 3. The fourth-order valence-corrected chi connectivity index (χ4v) is 1.42. The van der Waals surface area contributed by atoms with Gasteiger partial charge < -0.3 is 38.5 Å². The minimum absolute atomic E-state index is 0. The van der Waals surface area contributed by atoms with E-state index in [-0.39, 0.29) is 151 Å². The average Bonchev–Trinajstić information content (AvgIpc) is 2.85. The van der Waals surface area contributed by atoms with Gasteiger partial charge in [-0.1, -0.05) is 0 Å². The molecule has 0 aliphatic heterocycles. The van der Waals surface area contributed by atoms with Gasteiger partial charge in [0.15, 0.2) is 0 Å². The van der Waals surface area contributed by atoms with Crippen molar-refractivity contribution in [3.63, 3.8) is 0 Å². The molecular weight excluding hydrogens is 948 g/mol. The Kier molecular flexibility index (Phi) is 57.8. The first kappa shape index (κ1) is 55.5. The fraction of sp³-hybridized carbons (Fsp3) is 0.684. The van der Waals surface area contributed by atoms with E-state index in [0.29, 0.717) is 0 Å². The molecule has 1 unspecified atom stereocenters.